The first-order chi connectivity index (χ1) is 7.20. The monoisotopic (exact) mass is 202 g/mol. The molecule has 0 radical (unpaired) electrons. The number of nitrogens with zero attached hydrogens (tertiary/aromatic N) is 2. The number of hydrogen-bond acceptors (Lipinski definition) is 2. The average molecular weight is 202 g/mol. The van der Waals surface area contributed by atoms with Crippen molar-refractivity contribution in [3.8, 4) is 12.3 Å². The minimum absolute atomic E-state index is 0.0489. The van der Waals surface area contributed by atoms with Crippen molar-refractivity contribution >= 4 is 5.91 Å². The van der Waals surface area contributed by atoms with E-state index in [9.17, 15) is 4.79 Å². The van der Waals surface area contributed by atoms with Crippen molar-refractivity contribution < 1.29 is 4.79 Å². The van der Waals surface area contributed by atoms with Gasteiger partial charge in [0.2, 0.25) is 0 Å². The highest BCUT2D eigenvalue weighted by molar-refractivity contribution is 5.95. The molecule has 0 aromatic carbocycles. The van der Waals surface area contributed by atoms with E-state index in [-0.39, 0.29) is 5.91 Å². The quantitative estimate of drug-likeness (QED) is 0.693. The highest BCUT2D eigenvalue weighted by Gasteiger charge is 2.13. The number of carbonyl (C=O) groups excluding carboxylic acids is 1. The maximum atomic E-state index is 11.9. The van der Waals surface area contributed by atoms with Crippen LogP contribution in [0.15, 0.2) is 18.5 Å². The molecular formula is C12H14N2O. The van der Waals surface area contributed by atoms with Crippen LogP contribution in [-0.4, -0.2) is 29.4 Å². The van der Waals surface area contributed by atoms with Crippen LogP contribution >= 0.6 is 0 Å². The van der Waals surface area contributed by atoms with Crippen LogP contribution in [0.5, 0.6) is 0 Å². The van der Waals surface area contributed by atoms with Crippen LogP contribution in [0.3, 0.4) is 0 Å². The van der Waals surface area contributed by atoms with Crippen molar-refractivity contribution in [1.82, 2.24) is 9.88 Å². The van der Waals surface area contributed by atoms with Crippen molar-refractivity contribution in [2.24, 2.45) is 0 Å². The zero-order valence-corrected chi connectivity index (χ0v) is 9.03. The van der Waals surface area contributed by atoms with Crippen molar-refractivity contribution in [1.29, 1.82) is 0 Å². The third kappa shape index (κ3) is 2.57. The van der Waals surface area contributed by atoms with Crippen LogP contribution in [0.1, 0.15) is 22.8 Å². The molecule has 0 bridgehead atoms. The highest BCUT2D eigenvalue weighted by atomic mass is 16.2. The van der Waals surface area contributed by atoms with Crippen LogP contribution < -0.4 is 0 Å². The first-order valence-electron chi connectivity index (χ1n) is 4.82. The lowest BCUT2D eigenvalue weighted by Crippen LogP contribution is -2.27. The lowest BCUT2D eigenvalue weighted by Gasteiger charge is -2.15. The molecule has 0 unspecified atom stereocenters. The Morgan fingerprint density at radius 2 is 2.40 bits per heavy atom. The number of amides is 1. The molecule has 0 N–H and O–H groups in total. The van der Waals surface area contributed by atoms with Crippen molar-refractivity contribution in [2.75, 3.05) is 13.6 Å². The molecule has 1 aromatic heterocycles. The zero-order valence-electron chi connectivity index (χ0n) is 9.03. The molecule has 0 aliphatic carbocycles. The predicted molar refractivity (Wildman–Crippen MR) is 59.4 cm³/mol. The van der Waals surface area contributed by atoms with E-state index in [1.165, 1.54) is 4.90 Å². The average Bonchev–Trinajstić information content (AvgIpc) is 2.28. The van der Waals surface area contributed by atoms with Crippen LogP contribution in [0.4, 0.5) is 0 Å². The van der Waals surface area contributed by atoms with E-state index >= 15 is 0 Å². The van der Waals surface area contributed by atoms with Gasteiger partial charge in [-0.05, 0) is 18.1 Å². The van der Waals surface area contributed by atoms with E-state index in [2.05, 4.69) is 10.9 Å². The second-order valence-electron chi connectivity index (χ2n) is 3.25. The molecule has 0 spiro atoms. The fraction of sp³-hybridized carbons (Fsp3) is 0.333. The number of rotatable bonds is 3. The molecule has 0 aliphatic rings. The van der Waals surface area contributed by atoms with Crippen LogP contribution in [0.2, 0.25) is 0 Å². The molecule has 1 rings (SSSR count). The van der Waals surface area contributed by atoms with Crippen LogP contribution in [0, 0.1) is 12.3 Å². The van der Waals surface area contributed by atoms with Crippen LogP contribution in [0.25, 0.3) is 0 Å². The molecule has 78 valence electrons. The van der Waals surface area contributed by atoms with Crippen molar-refractivity contribution in [3.05, 3.63) is 29.6 Å². The fourth-order valence-corrected chi connectivity index (χ4v) is 1.33. The molecule has 0 saturated carbocycles. The number of carbonyl (C=O) groups is 1. The first-order valence-corrected chi connectivity index (χ1v) is 4.82. The molecule has 0 atom stereocenters. The molecule has 0 fully saturated rings. The molecule has 3 heteroatoms. The summed E-state index contributed by atoms with van der Waals surface area (Å²) in [5.74, 6) is 2.40. The number of pyridine rings is 1. The summed E-state index contributed by atoms with van der Waals surface area (Å²) in [5, 5.41) is 0. The number of aryl methyl sites for hydroxylation is 1. The topological polar surface area (TPSA) is 33.2 Å². The molecule has 1 aromatic rings. The minimum atomic E-state index is -0.0489. The van der Waals surface area contributed by atoms with Gasteiger partial charge in [-0.3, -0.25) is 9.78 Å². The van der Waals surface area contributed by atoms with Gasteiger partial charge in [0.1, 0.15) is 0 Å². The summed E-state index contributed by atoms with van der Waals surface area (Å²) in [5.41, 5.74) is 1.64. The summed E-state index contributed by atoms with van der Waals surface area (Å²) in [4.78, 5) is 17.4. The molecule has 3 nitrogen and oxygen atoms in total. The van der Waals surface area contributed by atoms with Crippen molar-refractivity contribution in [2.45, 2.75) is 13.3 Å². The molecule has 0 aliphatic heterocycles. The number of hydrogen-bond donors (Lipinski definition) is 0. The Morgan fingerprint density at radius 3 is 3.00 bits per heavy atom. The number of terminal acetylenes is 1. The lowest BCUT2D eigenvalue weighted by molar-refractivity contribution is 0.0811. The first kappa shape index (κ1) is 11.3. The van der Waals surface area contributed by atoms with Gasteiger partial charge in [0.25, 0.3) is 5.91 Å². The Bertz CT molecular complexity index is 393. The largest absolute Gasteiger partial charge is 0.331 e. The molecule has 15 heavy (non-hydrogen) atoms. The Kier molecular flexibility index (Phi) is 3.87. The van der Waals surface area contributed by atoms with Crippen LogP contribution in [-0.2, 0) is 6.42 Å². The Hall–Kier alpha value is -1.82. The standard InChI is InChI=1S/C12H14N2O/c1-4-8-14(3)12(15)11-6-7-13-9-10(11)5-2/h1,6-7,9H,5,8H2,2-3H3. The Morgan fingerprint density at radius 1 is 1.67 bits per heavy atom. The zero-order chi connectivity index (χ0) is 11.3. The highest BCUT2D eigenvalue weighted by Crippen LogP contribution is 2.09. The van der Waals surface area contributed by atoms with Gasteiger partial charge < -0.3 is 4.90 Å². The van der Waals surface area contributed by atoms with Gasteiger partial charge in [0.05, 0.1) is 6.54 Å². The second-order valence-corrected chi connectivity index (χ2v) is 3.25. The molecule has 1 amide bonds. The minimum Gasteiger partial charge on any atom is -0.331 e. The smallest absolute Gasteiger partial charge is 0.254 e. The van der Waals surface area contributed by atoms with Gasteiger partial charge in [-0.1, -0.05) is 12.8 Å². The second kappa shape index (κ2) is 5.16. The summed E-state index contributed by atoms with van der Waals surface area (Å²) in [6.45, 7) is 2.32. The Balaban J connectivity index is 2.96. The van der Waals surface area contributed by atoms with E-state index in [0.29, 0.717) is 12.1 Å². The third-order valence-corrected chi connectivity index (χ3v) is 2.19. The maximum Gasteiger partial charge on any atom is 0.254 e. The van der Waals surface area contributed by atoms with E-state index < -0.39 is 0 Å². The summed E-state index contributed by atoms with van der Waals surface area (Å²) >= 11 is 0. The van der Waals surface area contributed by atoms with Gasteiger partial charge in [0.15, 0.2) is 0 Å². The van der Waals surface area contributed by atoms with E-state index in [0.717, 1.165) is 12.0 Å². The van der Waals surface area contributed by atoms with Crippen molar-refractivity contribution in [3.63, 3.8) is 0 Å². The summed E-state index contributed by atoms with van der Waals surface area (Å²) < 4.78 is 0. The molecule has 1 heterocycles. The van der Waals surface area contributed by atoms with Gasteiger partial charge in [-0.25, -0.2) is 0 Å². The van der Waals surface area contributed by atoms with Gasteiger partial charge in [0, 0.05) is 25.0 Å². The predicted octanol–water partition coefficient (Wildman–Crippen LogP) is 1.35. The normalized spacial score (nSPS) is 9.40. The van der Waals surface area contributed by atoms with E-state index in [1.807, 2.05) is 6.92 Å². The molecule has 0 saturated heterocycles. The van der Waals surface area contributed by atoms with Gasteiger partial charge in [-0.2, -0.15) is 0 Å². The summed E-state index contributed by atoms with van der Waals surface area (Å²) in [7, 11) is 1.70. The van der Waals surface area contributed by atoms with Gasteiger partial charge >= 0.3 is 0 Å². The Labute approximate surface area is 90.1 Å². The summed E-state index contributed by atoms with van der Waals surface area (Å²) in [6.07, 6.45) is 9.29. The number of aromatic nitrogens is 1. The summed E-state index contributed by atoms with van der Waals surface area (Å²) in [6, 6.07) is 1.73. The SMILES string of the molecule is C#CCN(C)C(=O)c1ccncc1CC. The van der Waals surface area contributed by atoms with E-state index in [4.69, 9.17) is 6.42 Å². The maximum absolute atomic E-state index is 11.9. The van der Waals surface area contributed by atoms with E-state index in [1.54, 1.807) is 25.5 Å². The third-order valence-electron chi connectivity index (χ3n) is 2.19. The fourth-order valence-electron chi connectivity index (χ4n) is 1.33. The lowest BCUT2D eigenvalue weighted by atomic mass is 10.1. The molecular weight excluding hydrogens is 188 g/mol. The van der Waals surface area contributed by atoms with Gasteiger partial charge in [-0.15, -0.1) is 6.42 Å².